The number of rotatable bonds is 40. The Labute approximate surface area is 341 Å². The van der Waals surface area contributed by atoms with E-state index in [9.17, 15) is 9.59 Å². The summed E-state index contributed by atoms with van der Waals surface area (Å²) in [4.78, 5) is 22.5. The number of carboxylic acids is 1. The first-order valence-electron chi connectivity index (χ1n) is 19.9. The minimum Gasteiger partial charge on any atom is -0.480 e. The Morgan fingerprint density at radius 3 is 1.05 bits per heavy atom. The van der Waals surface area contributed by atoms with Crippen molar-refractivity contribution in [2.24, 2.45) is 0 Å². The molecule has 2 aromatic carbocycles. The Morgan fingerprint density at radius 1 is 0.431 bits per heavy atom. The van der Waals surface area contributed by atoms with E-state index in [-0.39, 0.29) is 25.7 Å². The van der Waals surface area contributed by atoms with Crippen LogP contribution in [0.4, 0.5) is 4.79 Å². The molecule has 0 aromatic heterocycles. The second-order valence-electron chi connectivity index (χ2n) is 12.4. The molecule has 0 radical (unpaired) electrons. The van der Waals surface area contributed by atoms with E-state index < -0.39 is 12.1 Å². The number of ether oxygens (including phenoxy) is 13. The van der Waals surface area contributed by atoms with Crippen LogP contribution in [0.5, 0.6) is 0 Å². The number of amides is 1. The van der Waals surface area contributed by atoms with Crippen molar-refractivity contribution in [3.05, 3.63) is 59.7 Å². The van der Waals surface area contributed by atoms with Gasteiger partial charge in [0, 0.05) is 12.5 Å². The van der Waals surface area contributed by atoms with Crippen LogP contribution in [0.25, 0.3) is 11.1 Å². The lowest BCUT2D eigenvalue weighted by molar-refractivity contribution is -0.142. The largest absolute Gasteiger partial charge is 0.480 e. The first-order chi connectivity index (χ1) is 28.7. The van der Waals surface area contributed by atoms with Gasteiger partial charge < -0.3 is 72.0 Å². The minimum absolute atomic E-state index is 0.0309. The molecule has 2 aromatic rings. The average Bonchev–Trinajstić information content (AvgIpc) is 3.55. The predicted octanol–water partition coefficient (Wildman–Crippen LogP) is 2.81. The predicted molar refractivity (Wildman–Crippen MR) is 211 cm³/mol. The van der Waals surface area contributed by atoms with E-state index in [1.54, 1.807) is 0 Å². The Kier molecular flexibility index (Phi) is 29.2. The second kappa shape index (κ2) is 34.6. The number of benzene rings is 2. The number of alkyl carbamates (subject to hydrolysis) is 1. The van der Waals surface area contributed by atoms with E-state index >= 15 is 0 Å². The average molecular weight is 826 g/mol. The smallest absolute Gasteiger partial charge is 0.407 e. The fourth-order valence-corrected chi connectivity index (χ4v) is 5.45. The van der Waals surface area contributed by atoms with Crippen LogP contribution in [0.15, 0.2) is 48.5 Å². The molecule has 58 heavy (non-hydrogen) atoms. The van der Waals surface area contributed by atoms with Crippen LogP contribution in [0, 0.1) is 0 Å². The highest BCUT2D eigenvalue weighted by molar-refractivity contribution is 5.79. The van der Waals surface area contributed by atoms with E-state index in [1.807, 2.05) is 24.3 Å². The first kappa shape index (κ1) is 49.1. The number of hydrogen-bond acceptors (Lipinski definition) is 15. The highest BCUT2D eigenvalue weighted by Gasteiger charge is 2.29. The van der Waals surface area contributed by atoms with Crippen LogP contribution in [0.3, 0.4) is 0 Å². The normalized spacial score (nSPS) is 12.1. The molecule has 0 spiro atoms. The van der Waals surface area contributed by atoms with Gasteiger partial charge in [-0.2, -0.15) is 0 Å². The quantitative estimate of drug-likeness (QED) is 0.0934. The molecule has 0 bridgehead atoms. The summed E-state index contributed by atoms with van der Waals surface area (Å²) in [7, 11) is 0. The van der Waals surface area contributed by atoms with Crippen molar-refractivity contribution in [3.8, 4) is 11.1 Å². The molecule has 0 unspecified atom stereocenters. The standard InChI is InChI=1S/C41H63NO16/c43-40(44)34-57-32-31-56-30-29-55-28-27-54-26-25-53-24-23-52-22-21-51-20-19-50-18-17-49-16-15-48-14-13-47-12-11-46-10-9-42-41(45)58-33-39-37-7-3-1-5-35(37)36-6-2-4-8-38(36)39/h1-8,39H,9-34H2,(H,42,45)(H,43,44). The van der Waals surface area contributed by atoms with Crippen molar-refractivity contribution in [2.75, 3.05) is 172 Å². The SMILES string of the molecule is O=C(O)COCCOCCOCCOCCOCCOCCOCCOCCOCCOCCOCCOCCNC(=O)OCC1c2ccccc2-c2ccccc21. The van der Waals surface area contributed by atoms with Gasteiger partial charge in [-0.05, 0) is 22.3 Å². The van der Waals surface area contributed by atoms with Gasteiger partial charge in [0.05, 0.1) is 152 Å². The molecule has 2 N–H and O–H groups in total. The van der Waals surface area contributed by atoms with Crippen molar-refractivity contribution < 1.29 is 76.3 Å². The third-order valence-corrected chi connectivity index (χ3v) is 8.18. The Balaban J connectivity index is 0.929. The van der Waals surface area contributed by atoms with Gasteiger partial charge in [0.25, 0.3) is 0 Å². The maximum Gasteiger partial charge on any atom is 0.407 e. The molecule has 1 aliphatic carbocycles. The van der Waals surface area contributed by atoms with Crippen LogP contribution in [0.1, 0.15) is 17.0 Å². The zero-order chi connectivity index (χ0) is 41.0. The molecular formula is C41H63NO16. The van der Waals surface area contributed by atoms with Crippen LogP contribution >= 0.6 is 0 Å². The van der Waals surface area contributed by atoms with E-state index in [0.717, 1.165) is 0 Å². The zero-order valence-electron chi connectivity index (χ0n) is 33.7. The summed E-state index contributed by atoms with van der Waals surface area (Å²) < 4.78 is 70.4. The second-order valence-corrected chi connectivity index (χ2v) is 12.4. The number of fused-ring (bicyclic) bond motifs is 3. The fourth-order valence-electron chi connectivity index (χ4n) is 5.45. The first-order valence-corrected chi connectivity index (χ1v) is 19.9. The lowest BCUT2D eigenvalue weighted by Gasteiger charge is -2.14. The third kappa shape index (κ3) is 23.9. The van der Waals surface area contributed by atoms with E-state index in [0.29, 0.717) is 152 Å². The van der Waals surface area contributed by atoms with E-state index in [4.69, 9.17) is 66.7 Å². The molecule has 3 rings (SSSR count). The van der Waals surface area contributed by atoms with Gasteiger partial charge in [-0.3, -0.25) is 0 Å². The van der Waals surface area contributed by atoms with Crippen molar-refractivity contribution >= 4 is 12.1 Å². The number of hydrogen-bond donors (Lipinski definition) is 2. The van der Waals surface area contributed by atoms with Gasteiger partial charge in [0.1, 0.15) is 13.2 Å². The summed E-state index contributed by atoms with van der Waals surface area (Å²) in [6.45, 7) is 10.4. The third-order valence-electron chi connectivity index (χ3n) is 8.18. The number of aliphatic carboxylic acids is 1. The van der Waals surface area contributed by atoms with Crippen LogP contribution < -0.4 is 5.32 Å². The molecule has 17 heteroatoms. The maximum atomic E-state index is 12.2. The monoisotopic (exact) mass is 825 g/mol. The molecule has 17 nitrogen and oxygen atoms in total. The molecule has 0 atom stereocenters. The van der Waals surface area contributed by atoms with Crippen molar-refractivity contribution in [1.29, 1.82) is 0 Å². The molecule has 0 fully saturated rings. The van der Waals surface area contributed by atoms with Gasteiger partial charge in [0.2, 0.25) is 0 Å². The highest BCUT2D eigenvalue weighted by atomic mass is 16.6. The lowest BCUT2D eigenvalue weighted by atomic mass is 9.98. The summed E-state index contributed by atoms with van der Waals surface area (Å²) >= 11 is 0. The fraction of sp³-hybridized carbons (Fsp3) is 0.659. The molecule has 0 heterocycles. The molecule has 0 aliphatic heterocycles. The van der Waals surface area contributed by atoms with Crippen LogP contribution in [0.2, 0.25) is 0 Å². The lowest BCUT2D eigenvalue weighted by Crippen LogP contribution is -2.29. The highest BCUT2D eigenvalue weighted by Crippen LogP contribution is 2.44. The molecule has 0 saturated heterocycles. The van der Waals surface area contributed by atoms with Crippen LogP contribution in [-0.2, 0) is 66.4 Å². The summed E-state index contributed by atoms with van der Waals surface area (Å²) in [6, 6.07) is 16.5. The van der Waals surface area contributed by atoms with Crippen molar-refractivity contribution in [3.63, 3.8) is 0 Å². The minimum atomic E-state index is -1.00. The Bertz CT molecular complexity index is 1270. The summed E-state index contributed by atoms with van der Waals surface area (Å²) in [5.41, 5.74) is 4.75. The number of nitrogens with one attached hydrogen (secondary N) is 1. The molecule has 1 aliphatic rings. The maximum absolute atomic E-state index is 12.2. The molecule has 328 valence electrons. The molecular weight excluding hydrogens is 762 g/mol. The topological polar surface area (TPSA) is 186 Å². The number of carboxylic acid groups (broad SMARTS) is 1. The van der Waals surface area contributed by atoms with Gasteiger partial charge in [0.15, 0.2) is 0 Å². The Morgan fingerprint density at radius 2 is 0.724 bits per heavy atom. The van der Waals surface area contributed by atoms with Gasteiger partial charge in [-0.1, -0.05) is 48.5 Å². The number of carbonyl (C=O) groups is 2. The zero-order valence-corrected chi connectivity index (χ0v) is 33.7. The van der Waals surface area contributed by atoms with E-state index in [2.05, 4.69) is 29.6 Å². The molecule has 0 saturated carbocycles. The summed E-state index contributed by atoms with van der Waals surface area (Å²) in [6.07, 6.45) is -0.458. The van der Waals surface area contributed by atoms with Gasteiger partial charge in [-0.25, -0.2) is 9.59 Å². The van der Waals surface area contributed by atoms with Crippen molar-refractivity contribution in [2.45, 2.75) is 5.92 Å². The number of carbonyl (C=O) groups excluding carboxylic acids is 1. The van der Waals surface area contributed by atoms with E-state index in [1.165, 1.54) is 22.3 Å². The van der Waals surface area contributed by atoms with Crippen molar-refractivity contribution in [1.82, 2.24) is 5.32 Å². The Hall–Kier alpha value is -3.30. The van der Waals surface area contributed by atoms with Gasteiger partial charge >= 0.3 is 12.1 Å². The molecule has 1 amide bonds. The summed E-state index contributed by atoms with van der Waals surface area (Å²) in [5.74, 6) is -0.970. The van der Waals surface area contributed by atoms with Crippen LogP contribution in [-0.4, -0.2) is 189 Å². The summed E-state index contributed by atoms with van der Waals surface area (Å²) in [5, 5.41) is 11.2. The van der Waals surface area contributed by atoms with Gasteiger partial charge in [-0.15, -0.1) is 0 Å².